The summed E-state index contributed by atoms with van der Waals surface area (Å²) in [4.78, 5) is 32.3. The highest BCUT2D eigenvalue weighted by atomic mass is 16.6. The van der Waals surface area contributed by atoms with Crippen LogP contribution in [-0.2, 0) is 17.9 Å². The Hall–Kier alpha value is -3.31. The maximum atomic E-state index is 11.8. The highest BCUT2D eigenvalue weighted by Gasteiger charge is 2.21. The molecule has 0 unspecified atom stereocenters. The van der Waals surface area contributed by atoms with Crippen LogP contribution in [-0.4, -0.2) is 41.9 Å². The van der Waals surface area contributed by atoms with Gasteiger partial charge in [-0.15, -0.1) is 0 Å². The Bertz CT molecular complexity index is 810. The van der Waals surface area contributed by atoms with Crippen LogP contribution in [0.2, 0.25) is 0 Å². The van der Waals surface area contributed by atoms with Crippen LogP contribution in [0.15, 0.2) is 12.4 Å². The molecule has 0 radical (unpaired) electrons. The Kier molecular flexibility index (Phi) is 5.41. The second kappa shape index (κ2) is 7.51. The van der Waals surface area contributed by atoms with Crippen LogP contribution in [0.25, 0.3) is 0 Å². The molecule has 1 N–H and O–H groups in total. The van der Waals surface area contributed by atoms with Crippen LogP contribution in [0.5, 0.6) is 0 Å². The first-order valence-electron chi connectivity index (χ1n) is 7.41. The van der Waals surface area contributed by atoms with E-state index in [-0.39, 0.29) is 36.8 Å². The van der Waals surface area contributed by atoms with Crippen molar-refractivity contribution in [2.75, 3.05) is 6.54 Å². The number of aryl methyl sites for hydroxylation is 2. The molecular weight excluding hydrogens is 334 g/mol. The molecule has 0 atom stereocenters. The van der Waals surface area contributed by atoms with Gasteiger partial charge >= 0.3 is 11.4 Å². The van der Waals surface area contributed by atoms with Gasteiger partial charge in [-0.1, -0.05) is 0 Å². The van der Waals surface area contributed by atoms with Crippen LogP contribution >= 0.6 is 0 Å². The minimum atomic E-state index is -0.546. The van der Waals surface area contributed by atoms with Crippen molar-refractivity contribution in [2.24, 2.45) is 0 Å². The Morgan fingerprint density at radius 2 is 1.96 bits per heavy atom. The number of carbonyl (C=O) groups excluding carboxylic acids is 1. The van der Waals surface area contributed by atoms with Crippen molar-refractivity contribution in [3.8, 4) is 0 Å². The van der Waals surface area contributed by atoms with Gasteiger partial charge in [0, 0.05) is 13.0 Å². The van der Waals surface area contributed by atoms with Gasteiger partial charge in [-0.2, -0.15) is 10.2 Å². The first-order valence-corrected chi connectivity index (χ1v) is 7.41. The summed E-state index contributed by atoms with van der Waals surface area (Å²) in [6, 6.07) is 0. The van der Waals surface area contributed by atoms with E-state index in [0.717, 1.165) is 6.20 Å². The molecule has 0 aromatic carbocycles. The van der Waals surface area contributed by atoms with Crippen LogP contribution in [0.3, 0.4) is 0 Å². The molecule has 0 saturated carbocycles. The monoisotopic (exact) mass is 351 g/mol. The van der Waals surface area contributed by atoms with Gasteiger partial charge in [0.25, 0.3) is 0 Å². The molecule has 2 aromatic heterocycles. The van der Waals surface area contributed by atoms with E-state index in [0.29, 0.717) is 17.9 Å². The zero-order valence-electron chi connectivity index (χ0n) is 13.7. The largest absolute Gasteiger partial charge is 0.354 e. The molecule has 0 fully saturated rings. The summed E-state index contributed by atoms with van der Waals surface area (Å²) >= 11 is 0. The predicted octanol–water partition coefficient (Wildman–Crippen LogP) is 0.719. The zero-order chi connectivity index (χ0) is 18.6. The molecule has 12 nitrogen and oxygen atoms in total. The van der Waals surface area contributed by atoms with E-state index in [1.807, 2.05) is 0 Å². The lowest BCUT2D eigenvalue weighted by Gasteiger charge is -2.06. The fraction of sp³-hybridized carbons (Fsp3) is 0.462. The van der Waals surface area contributed by atoms with E-state index in [1.54, 1.807) is 13.8 Å². The third-order valence-electron chi connectivity index (χ3n) is 3.57. The standard InChI is InChI=1S/C13H17N7O5/c1-9-13(20(24)25)10(2)18(16-9)5-3-12(21)14-4-6-17-8-11(7-15-17)19(22)23/h7-8H,3-6H2,1-2H3,(H,14,21). The Labute approximate surface area is 141 Å². The highest BCUT2D eigenvalue weighted by molar-refractivity contribution is 5.75. The summed E-state index contributed by atoms with van der Waals surface area (Å²) in [7, 11) is 0. The summed E-state index contributed by atoms with van der Waals surface area (Å²) in [5.41, 5.74) is 0.556. The second-order valence-corrected chi connectivity index (χ2v) is 5.32. The summed E-state index contributed by atoms with van der Waals surface area (Å²) in [6.07, 6.45) is 2.52. The molecular formula is C13H17N7O5. The Balaban J connectivity index is 1.80. The minimum Gasteiger partial charge on any atom is -0.354 e. The topological polar surface area (TPSA) is 151 Å². The maximum Gasteiger partial charge on any atom is 0.312 e. The van der Waals surface area contributed by atoms with E-state index in [1.165, 1.54) is 15.6 Å². The number of nitrogens with one attached hydrogen (secondary N) is 1. The summed E-state index contributed by atoms with van der Waals surface area (Å²) in [5.74, 6) is -0.253. The van der Waals surface area contributed by atoms with Gasteiger partial charge in [0.15, 0.2) is 0 Å². The number of hydrogen-bond acceptors (Lipinski definition) is 7. The average Bonchev–Trinajstić information content (AvgIpc) is 3.10. The smallest absolute Gasteiger partial charge is 0.312 e. The number of hydrogen-bond donors (Lipinski definition) is 1. The quantitative estimate of drug-likeness (QED) is 0.543. The van der Waals surface area contributed by atoms with Crippen LogP contribution in [0.4, 0.5) is 11.4 Å². The Morgan fingerprint density at radius 1 is 1.24 bits per heavy atom. The van der Waals surface area contributed by atoms with E-state index < -0.39 is 9.85 Å². The van der Waals surface area contributed by atoms with Crippen LogP contribution < -0.4 is 5.32 Å². The zero-order valence-corrected chi connectivity index (χ0v) is 13.7. The molecule has 25 heavy (non-hydrogen) atoms. The van der Waals surface area contributed by atoms with Crippen molar-refractivity contribution >= 4 is 17.3 Å². The number of nitro groups is 2. The van der Waals surface area contributed by atoms with Gasteiger partial charge in [0.2, 0.25) is 5.91 Å². The molecule has 0 bridgehead atoms. The third kappa shape index (κ3) is 4.37. The molecule has 2 rings (SSSR count). The predicted molar refractivity (Wildman–Crippen MR) is 84.9 cm³/mol. The van der Waals surface area contributed by atoms with Gasteiger partial charge in [-0.05, 0) is 13.8 Å². The molecule has 12 heteroatoms. The van der Waals surface area contributed by atoms with Crippen LogP contribution in [0, 0.1) is 34.1 Å². The lowest BCUT2D eigenvalue weighted by Crippen LogP contribution is -2.28. The average molecular weight is 351 g/mol. The molecule has 1 amide bonds. The summed E-state index contributed by atoms with van der Waals surface area (Å²) in [5, 5.41) is 32.0. The van der Waals surface area contributed by atoms with Crippen molar-refractivity contribution in [1.82, 2.24) is 24.9 Å². The first-order chi connectivity index (χ1) is 11.8. The molecule has 134 valence electrons. The van der Waals surface area contributed by atoms with Gasteiger partial charge in [-0.3, -0.25) is 34.4 Å². The normalized spacial score (nSPS) is 10.6. The van der Waals surface area contributed by atoms with E-state index >= 15 is 0 Å². The molecule has 0 aliphatic heterocycles. The minimum absolute atomic E-state index is 0.0410. The third-order valence-corrected chi connectivity index (χ3v) is 3.57. The first kappa shape index (κ1) is 18.0. The number of rotatable bonds is 8. The maximum absolute atomic E-state index is 11.8. The molecule has 2 heterocycles. The SMILES string of the molecule is Cc1nn(CCC(=O)NCCn2cc([N+](=O)[O-])cn2)c(C)c1[N+](=O)[O-]. The fourth-order valence-electron chi connectivity index (χ4n) is 2.34. The number of nitrogens with zero attached hydrogens (tertiary/aromatic N) is 6. The van der Waals surface area contributed by atoms with Crippen molar-refractivity contribution in [3.05, 3.63) is 44.0 Å². The van der Waals surface area contributed by atoms with E-state index in [9.17, 15) is 25.0 Å². The van der Waals surface area contributed by atoms with Gasteiger partial charge in [0.05, 0.1) is 22.9 Å². The van der Waals surface area contributed by atoms with Gasteiger partial charge in [0.1, 0.15) is 23.8 Å². The molecule has 0 aliphatic carbocycles. The highest BCUT2D eigenvalue weighted by Crippen LogP contribution is 2.21. The van der Waals surface area contributed by atoms with Gasteiger partial charge < -0.3 is 5.32 Å². The lowest BCUT2D eigenvalue weighted by molar-refractivity contribution is -0.386. The van der Waals surface area contributed by atoms with Crippen LogP contribution in [0.1, 0.15) is 17.8 Å². The van der Waals surface area contributed by atoms with Crippen molar-refractivity contribution in [3.63, 3.8) is 0 Å². The second-order valence-electron chi connectivity index (χ2n) is 5.32. The number of amides is 1. The van der Waals surface area contributed by atoms with E-state index in [2.05, 4.69) is 15.5 Å². The molecule has 0 spiro atoms. The molecule has 0 saturated heterocycles. The van der Waals surface area contributed by atoms with Crippen molar-refractivity contribution in [2.45, 2.75) is 33.4 Å². The number of aromatic nitrogens is 4. The van der Waals surface area contributed by atoms with Crippen molar-refractivity contribution < 1.29 is 14.6 Å². The number of carbonyl (C=O) groups is 1. The van der Waals surface area contributed by atoms with E-state index in [4.69, 9.17) is 0 Å². The summed E-state index contributed by atoms with van der Waals surface area (Å²) < 4.78 is 2.80. The van der Waals surface area contributed by atoms with Gasteiger partial charge in [-0.25, -0.2) is 0 Å². The molecule has 2 aromatic rings. The Morgan fingerprint density at radius 3 is 2.52 bits per heavy atom. The molecule has 0 aliphatic rings. The van der Waals surface area contributed by atoms with Crippen molar-refractivity contribution in [1.29, 1.82) is 0 Å². The summed E-state index contributed by atoms with van der Waals surface area (Å²) in [6.45, 7) is 3.91. The lowest BCUT2D eigenvalue weighted by atomic mass is 10.3. The fourth-order valence-corrected chi connectivity index (χ4v) is 2.34.